The maximum atomic E-state index is 12.4. The minimum Gasteiger partial charge on any atom is -0.439 e. The van der Waals surface area contributed by atoms with Crippen LogP contribution in [0.3, 0.4) is 0 Å². The monoisotopic (exact) mass is 428 g/mol. The predicted molar refractivity (Wildman–Crippen MR) is 118 cm³/mol. The van der Waals surface area contributed by atoms with Crippen LogP contribution >= 0.6 is 11.6 Å². The Kier molecular flexibility index (Phi) is 6.59. The summed E-state index contributed by atoms with van der Waals surface area (Å²) in [7, 11) is 1.43. The Morgan fingerprint density at radius 2 is 2.00 bits per heavy atom. The van der Waals surface area contributed by atoms with Crippen molar-refractivity contribution >= 4 is 34.4 Å². The van der Waals surface area contributed by atoms with Gasteiger partial charge in [0.25, 0.3) is 5.91 Å². The zero-order valence-electron chi connectivity index (χ0n) is 17.2. The van der Waals surface area contributed by atoms with Crippen LogP contribution in [0.5, 0.6) is 11.6 Å². The molecule has 0 bridgehead atoms. The Morgan fingerprint density at radius 3 is 2.67 bits per heavy atom. The van der Waals surface area contributed by atoms with Gasteiger partial charge >= 0.3 is 0 Å². The predicted octanol–water partition coefficient (Wildman–Crippen LogP) is 3.82. The average molecular weight is 429 g/mol. The van der Waals surface area contributed by atoms with Gasteiger partial charge in [-0.15, -0.1) is 0 Å². The third-order valence-electron chi connectivity index (χ3n) is 4.88. The SMILES string of the molecule is CCN(CC)Cc1ccnc(Oc2cc(Cl)c3cc(C(=O)N(C)C(=N)N)[nH]c3c2)c1. The molecule has 0 aliphatic heterocycles. The van der Waals surface area contributed by atoms with Crippen molar-refractivity contribution in [2.24, 2.45) is 5.73 Å². The molecule has 0 fully saturated rings. The van der Waals surface area contributed by atoms with Crippen molar-refractivity contribution in [3.05, 3.63) is 52.8 Å². The number of amides is 1. The number of rotatable bonds is 7. The van der Waals surface area contributed by atoms with Crippen LogP contribution in [0.15, 0.2) is 36.5 Å². The van der Waals surface area contributed by atoms with Crippen LogP contribution in [0, 0.1) is 5.41 Å². The molecular weight excluding hydrogens is 404 g/mol. The molecule has 0 atom stereocenters. The Hall–Kier alpha value is -3.10. The molecule has 0 aliphatic carbocycles. The number of benzene rings is 1. The van der Waals surface area contributed by atoms with E-state index in [0.717, 1.165) is 30.1 Å². The van der Waals surface area contributed by atoms with Gasteiger partial charge in [0, 0.05) is 43.4 Å². The summed E-state index contributed by atoms with van der Waals surface area (Å²) in [5.41, 5.74) is 7.41. The van der Waals surface area contributed by atoms with Crippen LogP contribution in [-0.2, 0) is 6.54 Å². The van der Waals surface area contributed by atoms with Gasteiger partial charge in [-0.05, 0) is 30.8 Å². The molecular formula is C21H25ClN6O2. The molecule has 2 heterocycles. The molecule has 8 nitrogen and oxygen atoms in total. The van der Waals surface area contributed by atoms with Crippen molar-refractivity contribution in [3.8, 4) is 11.6 Å². The largest absolute Gasteiger partial charge is 0.439 e. The third-order valence-corrected chi connectivity index (χ3v) is 5.19. The molecule has 9 heteroatoms. The smallest absolute Gasteiger partial charge is 0.276 e. The summed E-state index contributed by atoms with van der Waals surface area (Å²) < 4.78 is 5.93. The molecule has 1 aromatic carbocycles. The van der Waals surface area contributed by atoms with E-state index in [9.17, 15) is 4.79 Å². The van der Waals surface area contributed by atoms with E-state index < -0.39 is 5.91 Å². The number of nitrogens with one attached hydrogen (secondary N) is 2. The summed E-state index contributed by atoms with van der Waals surface area (Å²) in [6, 6.07) is 8.94. The van der Waals surface area contributed by atoms with Gasteiger partial charge in [-0.1, -0.05) is 25.4 Å². The highest BCUT2D eigenvalue weighted by Crippen LogP contribution is 2.32. The number of aromatic amines is 1. The number of aromatic nitrogens is 2. The topological polar surface area (TPSA) is 111 Å². The van der Waals surface area contributed by atoms with E-state index >= 15 is 0 Å². The van der Waals surface area contributed by atoms with E-state index in [0.29, 0.717) is 27.6 Å². The van der Waals surface area contributed by atoms with Crippen molar-refractivity contribution in [2.75, 3.05) is 20.1 Å². The van der Waals surface area contributed by atoms with Crippen LogP contribution < -0.4 is 10.5 Å². The van der Waals surface area contributed by atoms with Crippen molar-refractivity contribution in [3.63, 3.8) is 0 Å². The Morgan fingerprint density at radius 1 is 1.27 bits per heavy atom. The molecule has 158 valence electrons. The Labute approximate surface area is 180 Å². The van der Waals surface area contributed by atoms with Gasteiger partial charge in [0.2, 0.25) is 5.88 Å². The van der Waals surface area contributed by atoms with E-state index in [1.807, 2.05) is 12.1 Å². The molecule has 0 radical (unpaired) electrons. The quantitative estimate of drug-likeness (QED) is 0.391. The molecule has 0 saturated carbocycles. The van der Waals surface area contributed by atoms with E-state index in [1.54, 1.807) is 24.4 Å². The lowest BCUT2D eigenvalue weighted by Crippen LogP contribution is -2.38. The number of carbonyl (C=O) groups excluding carboxylic acids is 1. The molecule has 2 aromatic heterocycles. The van der Waals surface area contributed by atoms with Crippen molar-refractivity contribution < 1.29 is 9.53 Å². The van der Waals surface area contributed by atoms with E-state index in [-0.39, 0.29) is 11.7 Å². The molecule has 0 saturated heterocycles. The van der Waals surface area contributed by atoms with Crippen LogP contribution in [0.4, 0.5) is 0 Å². The number of fused-ring (bicyclic) bond motifs is 1. The number of hydrogen-bond donors (Lipinski definition) is 3. The Balaban J connectivity index is 1.85. The number of carbonyl (C=O) groups is 1. The van der Waals surface area contributed by atoms with Crippen LogP contribution in [-0.4, -0.2) is 51.8 Å². The zero-order valence-corrected chi connectivity index (χ0v) is 18.0. The number of H-pyrrole nitrogens is 1. The first kappa shape index (κ1) is 21.6. The molecule has 3 aromatic rings. The highest BCUT2D eigenvalue weighted by molar-refractivity contribution is 6.35. The summed E-state index contributed by atoms with van der Waals surface area (Å²) >= 11 is 6.41. The summed E-state index contributed by atoms with van der Waals surface area (Å²) in [5.74, 6) is 0.197. The number of pyridine rings is 1. The Bertz CT molecular complexity index is 1080. The lowest BCUT2D eigenvalue weighted by Gasteiger charge is -2.18. The standard InChI is InChI=1S/C21H25ClN6O2/c1-4-28(5-2)12-13-6-7-25-19(8-13)30-14-9-16(22)15-11-18(26-17(15)10-14)20(29)27(3)21(23)24/h6-11,26H,4-5,12H2,1-3H3,(H3,23,24). The summed E-state index contributed by atoms with van der Waals surface area (Å²) in [4.78, 5) is 23.1. The number of nitrogens with zero attached hydrogens (tertiary/aromatic N) is 3. The summed E-state index contributed by atoms with van der Waals surface area (Å²) in [6.45, 7) is 7.01. The first-order valence-corrected chi connectivity index (χ1v) is 9.99. The van der Waals surface area contributed by atoms with Gasteiger partial charge in [0.15, 0.2) is 5.96 Å². The normalized spacial score (nSPS) is 11.1. The highest BCUT2D eigenvalue weighted by Gasteiger charge is 2.18. The highest BCUT2D eigenvalue weighted by atomic mass is 35.5. The van der Waals surface area contributed by atoms with Crippen molar-refractivity contribution in [1.29, 1.82) is 5.41 Å². The van der Waals surface area contributed by atoms with Crippen molar-refractivity contribution in [1.82, 2.24) is 19.8 Å². The van der Waals surface area contributed by atoms with Crippen molar-refractivity contribution in [2.45, 2.75) is 20.4 Å². The molecule has 3 rings (SSSR count). The zero-order chi connectivity index (χ0) is 21.8. The maximum Gasteiger partial charge on any atom is 0.276 e. The van der Waals surface area contributed by atoms with Gasteiger partial charge in [-0.25, -0.2) is 4.98 Å². The number of guanidine groups is 1. The van der Waals surface area contributed by atoms with Gasteiger partial charge in [-0.3, -0.25) is 20.0 Å². The maximum absolute atomic E-state index is 12.4. The second-order valence-electron chi connectivity index (χ2n) is 6.86. The van der Waals surface area contributed by atoms with E-state index in [2.05, 4.69) is 28.7 Å². The number of ether oxygens (including phenoxy) is 1. The average Bonchev–Trinajstić information content (AvgIpc) is 3.16. The second-order valence-corrected chi connectivity index (χ2v) is 7.27. The van der Waals surface area contributed by atoms with Crippen LogP contribution in [0.1, 0.15) is 29.9 Å². The van der Waals surface area contributed by atoms with Crippen LogP contribution in [0.25, 0.3) is 10.9 Å². The minimum absolute atomic E-state index is 0.279. The number of hydrogen-bond acceptors (Lipinski definition) is 5. The van der Waals surface area contributed by atoms with Gasteiger partial charge < -0.3 is 15.5 Å². The first-order valence-electron chi connectivity index (χ1n) is 9.61. The molecule has 0 unspecified atom stereocenters. The fourth-order valence-electron chi connectivity index (χ4n) is 3.06. The molecule has 0 aliphatic rings. The number of nitrogens with two attached hydrogens (primary N) is 1. The first-order chi connectivity index (χ1) is 14.3. The molecule has 0 spiro atoms. The van der Waals surface area contributed by atoms with E-state index in [1.165, 1.54) is 7.05 Å². The lowest BCUT2D eigenvalue weighted by atomic mass is 10.2. The fourth-order valence-corrected chi connectivity index (χ4v) is 3.33. The minimum atomic E-state index is -0.428. The third kappa shape index (κ3) is 4.72. The number of halogens is 1. The second kappa shape index (κ2) is 9.15. The molecule has 30 heavy (non-hydrogen) atoms. The van der Waals surface area contributed by atoms with Gasteiger partial charge in [-0.2, -0.15) is 0 Å². The molecule has 4 N–H and O–H groups in total. The van der Waals surface area contributed by atoms with Gasteiger partial charge in [0.1, 0.15) is 11.4 Å². The summed E-state index contributed by atoms with van der Waals surface area (Å²) in [6.07, 6.45) is 1.72. The summed E-state index contributed by atoms with van der Waals surface area (Å²) in [5, 5.41) is 8.52. The van der Waals surface area contributed by atoms with Crippen LogP contribution in [0.2, 0.25) is 5.02 Å². The van der Waals surface area contributed by atoms with Gasteiger partial charge in [0.05, 0.1) is 10.5 Å². The van der Waals surface area contributed by atoms with E-state index in [4.69, 9.17) is 27.5 Å². The molecule has 1 amide bonds. The lowest BCUT2D eigenvalue weighted by molar-refractivity contribution is 0.0864. The fraction of sp³-hybridized carbons (Fsp3) is 0.286.